The number of nitrogens with zero attached hydrogens (tertiary/aromatic N) is 3. The summed E-state index contributed by atoms with van der Waals surface area (Å²) >= 11 is 0. The number of anilines is 1. The maximum atomic E-state index is 8.64. The average molecular weight is 242 g/mol. The van der Waals surface area contributed by atoms with Crippen molar-refractivity contribution < 1.29 is 4.74 Å². The molecule has 1 N–H and O–H groups in total. The van der Waals surface area contributed by atoms with E-state index in [9.17, 15) is 0 Å². The quantitative estimate of drug-likeness (QED) is 0.833. The van der Waals surface area contributed by atoms with E-state index in [0.29, 0.717) is 6.54 Å². The molecule has 0 saturated heterocycles. The van der Waals surface area contributed by atoms with Crippen molar-refractivity contribution in [2.24, 2.45) is 0 Å². The van der Waals surface area contributed by atoms with E-state index in [1.807, 2.05) is 37.4 Å². The molecule has 0 aliphatic rings. The minimum Gasteiger partial charge on any atom is -0.497 e. The lowest BCUT2D eigenvalue weighted by Gasteiger charge is -2.09. The normalized spacial score (nSPS) is 9.83. The zero-order valence-electron chi connectivity index (χ0n) is 10.3. The molecule has 5 heteroatoms. The third-order valence-electron chi connectivity index (χ3n) is 2.66. The van der Waals surface area contributed by atoms with Gasteiger partial charge in [-0.05, 0) is 29.8 Å². The van der Waals surface area contributed by atoms with Gasteiger partial charge in [-0.25, -0.2) is 0 Å². The molecule has 92 valence electrons. The number of methoxy groups -OCH3 is 1. The Hall–Kier alpha value is -2.48. The molecule has 0 unspecified atom stereocenters. The Bertz CT molecular complexity index is 553. The summed E-state index contributed by atoms with van der Waals surface area (Å²) < 4.78 is 5.11. The molecule has 0 bridgehead atoms. The first-order valence-corrected chi connectivity index (χ1v) is 5.52. The Kier molecular flexibility index (Phi) is 3.49. The molecule has 1 heterocycles. The fourth-order valence-electron chi connectivity index (χ4n) is 1.61. The van der Waals surface area contributed by atoms with Crippen molar-refractivity contribution >= 4 is 5.82 Å². The van der Waals surface area contributed by atoms with Crippen molar-refractivity contribution in [3.05, 3.63) is 30.3 Å². The highest BCUT2D eigenvalue weighted by molar-refractivity contribution is 5.63. The first kappa shape index (κ1) is 12.0. The molecule has 0 radical (unpaired) electrons. The van der Waals surface area contributed by atoms with Gasteiger partial charge in [-0.15, -0.1) is 0 Å². The Labute approximate surface area is 106 Å². The van der Waals surface area contributed by atoms with Crippen LogP contribution >= 0.6 is 0 Å². The van der Waals surface area contributed by atoms with E-state index < -0.39 is 0 Å². The van der Waals surface area contributed by atoms with Gasteiger partial charge in [0.2, 0.25) is 0 Å². The summed E-state index contributed by atoms with van der Waals surface area (Å²) in [6.45, 7) is 0.312. The lowest BCUT2D eigenvalue weighted by molar-refractivity contribution is 0.415. The van der Waals surface area contributed by atoms with Gasteiger partial charge in [0.15, 0.2) is 5.82 Å². The molecule has 18 heavy (non-hydrogen) atoms. The molecule has 0 aliphatic heterocycles. The first-order valence-electron chi connectivity index (χ1n) is 5.52. The molecule has 0 amide bonds. The van der Waals surface area contributed by atoms with Crippen molar-refractivity contribution in [2.75, 3.05) is 25.6 Å². The first-order chi connectivity index (χ1) is 8.74. The lowest BCUT2D eigenvalue weighted by Crippen LogP contribution is -2.17. The fourth-order valence-corrected chi connectivity index (χ4v) is 1.61. The summed E-state index contributed by atoms with van der Waals surface area (Å²) in [5.74, 6) is 1.57. The number of hydrogen-bond donors (Lipinski definition) is 1. The monoisotopic (exact) mass is 242 g/mol. The van der Waals surface area contributed by atoms with Crippen LogP contribution < -0.4 is 9.64 Å². The molecule has 1 aromatic carbocycles. The van der Waals surface area contributed by atoms with Crippen LogP contribution in [-0.2, 0) is 0 Å². The topological polar surface area (TPSA) is 64.9 Å². The van der Waals surface area contributed by atoms with Crippen molar-refractivity contribution in [3.8, 4) is 23.1 Å². The molecule has 0 atom stereocenters. The molecule has 2 rings (SSSR count). The van der Waals surface area contributed by atoms with Crippen LogP contribution in [0.25, 0.3) is 11.3 Å². The summed E-state index contributed by atoms with van der Waals surface area (Å²) in [5.41, 5.74) is 1.94. The van der Waals surface area contributed by atoms with E-state index in [0.717, 1.165) is 22.8 Å². The molecule has 0 saturated carbocycles. The van der Waals surface area contributed by atoms with Gasteiger partial charge in [0, 0.05) is 13.1 Å². The van der Waals surface area contributed by atoms with Crippen LogP contribution in [0.15, 0.2) is 30.3 Å². The second-order valence-electron chi connectivity index (χ2n) is 3.88. The summed E-state index contributed by atoms with van der Waals surface area (Å²) in [4.78, 5) is 1.78. The van der Waals surface area contributed by atoms with Crippen LogP contribution in [0.4, 0.5) is 5.82 Å². The highest BCUT2D eigenvalue weighted by Gasteiger charge is 2.07. The third kappa shape index (κ3) is 2.43. The number of rotatable bonds is 4. The number of hydrogen-bond acceptors (Lipinski definition) is 4. The minimum absolute atomic E-state index is 0.312. The molecule has 2 aromatic rings. The Balaban J connectivity index is 2.21. The lowest BCUT2D eigenvalue weighted by atomic mass is 10.1. The van der Waals surface area contributed by atoms with Gasteiger partial charge >= 0.3 is 0 Å². The largest absolute Gasteiger partial charge is 0.497 e. The van der Waals surface area contributed by atoms with Crippen LogP contribution in [0.3, 0.4) is 0 Å². The van der Waals surface area contributed by atoms with Crippen molar-refractivity contribution in [3.63, 3.8) is 0 Å². The third-order valence-corrected chi connectivity index (χ3v) is 2.66. The second kappa shape index (κ2) is 5.23. The van der Waals surface area contributed by atoms with Gasteiger partial charge in [0.1, 0.15) is 12.3 Å². The molecule has 0 spiro atoms. The number of nitrogens with one attached hydrogen (secondary N) is 1. The van der Waals surface area contributed by atoms with Crippen LogP contribution in [0.5, 0.6) is 5.75 Å². The molecule has 5 nitrogen and oxygen atoms in total. The number of nitriles is 1. The summed E-state index contributed by atoms with van der Waals surface area (Å²) in [7, 11) is 3.47. The van der Waals surface area contributed by atoms with Crippen LogP contribution in [-0.4, -0.2) is 30.9 Å². The van der Waals surface area contributed by atoms with E-state index >= 15 is 0 Å². The van der Waals surface area contributed by atoms with Crippen LogP contribution in [0.1, 0.15) is 0 Å². The maximum Gasteiger partial charge on any atom is 0.151 e. The highest BCUT2D eigenvalue weighted by Crippen LogP contribution is 2.23. The van der Waals surface area contributed by atoms with Gasteiger partial charge in [0.25, 0.3) is 0 Å². The zero-order valence-corrected chi connectivity index (χ0v) is 10.3. The number of aromatic nitrogens is 2. The molecular formula is C13H14N4O. The smallest absolute Gasteiger partial charge is 0.151 e. The van der Waals surface area contributed by atoms with Crippen LogP contribution in [0, 0.1) is 11.3 Å². The standard InChI is InChI=1S/C13H14N4O/c1-17(8-7-14)13-9-12(15-16-13)10-3-5-11(18-2)6-4-10/h3-6,9H,8H2,1-2H3,(H,15,16). The highest BCUT2D eigenvalue weighted by atomic mass is 16.5. The summed E-state index contributed by atoms with van der Waals surface area (Å²) in [6, 6.07) is 11.7. The van der Waals surface area contributed by atoms with Gasteiger partial charge in [-0.3, -0.25) is 5.10 Å². The van der Waals surface area contributed by atoms with Gasteiger partial charge in [0.05, 0.1) is 18.9 Å². The van der Waals surface area contributed by atoms with E-state index in [2.05, 4.69) is 16.3 Å². The van der Waals surface area contributed by atoms with Crippen molar-refractivity contribution in [2.45, 2.75) is 0 Å². The summed E-state index contributed by atoms with van der Waals surface area (Å²) in [5, 5.41) is 15.8. The van der Waals surface area contributed by atoms with Crippen molar-refractivity contribution in [1.82, 2.24) is 10.2 Å². The number of aromatic amines is 1. The van der Waals surface area contributed by atoms with Gasteiger partial charge in [-0.2, -0.15) is 10.4 Å². The average Bonchev–Trinajstić information content (AvgIpc) is 2.89. The second-order valence-corrected chi connectivity index (χ2v) is 3.88. The van der Waals surface area contributed by atoms with Crippen molar-refractivity contribution in [1.29, 1.82) is 5.26 Å². The predicted molar refractivity (Wildman–Crippen MR) is 69.5 cm³/mol. The number of benzene rings is 1. The molecule has 0 aliphatic carbocycles. The Morgan fingerprint density at radius 1 is 1.39 bits per heavy atom. The Morgan fingerprint density at radius 3 is 2.72 bits per heavy atom. The summed E-state index contributed by atoms with van der Waals surface area (Å²) in [6.07, 6.45) is 0. The van der Waals surface area contributed by atoms with E-state index in [1.165, 1.54) is 0 Å². The Morgan fingerprint density at radius 2 is 2.11 bits per heavy atom. The minimum atomic E-state index is 0.312. The van der Waals surface area contributed by atoms with Gasteiger partial charge in [-0.1, -0.05) is 0 Å². The predicted octanol–water partition coefficient (Wildman–Crippen LogP) is 2.05. The maximum absolute atomic E-state index is 8.64. The van der Waals surface area contributed by atoms with Crippen LogP contribution in [0.2, 0.25) is 0 Å². The van der Waals surface area contributed by atoms with E-state index in [1.54, 1.807) is 12.0 Å². The number of H-pyrrole nitrogens is 1. The molecular weight excluding hydrogens is 228 g/mol. The van der Waals surface area contributed by atoms with Gasteiger partial charge < -0.3 is 9.64 Å². The molecule has 1 aromatic heterocycles. The van der Waals surface area contributed by atoms with E-state index in [4.69, 9.17) is 10.00 Å². The molecule has 0 fully saturated rings. The zero-order chi connectivity index (χ0) is 13.0. The SMILES string of the molecule is COc1ccc(-c2cc(N(C)CC#N)n[nH]2)cc1. The van der Waals surface area contributed by atoms with E-state index in [-0.39, 0.29) is 0 Å². The number of ether oxygens (including phenoxy) is 1. The fraction of sp³-hybridized carbons (Fsp3) is 0.231.